The van der Waals surface area contributed by atoms with E-state index in [4.69, 9.17) is 9.47 Å². The van der Waals surface area contributed by atoms with Crippen LogP contribution in [-0.4, -0.2) is 49.3 Å². The number of carbonyl (C=O) groups excluding carboxylic acids is 1. The van der Waals surface area contributed by atoms with Crippen molar-refractivity contribution < 1.29 is 14.3 Å². The van der Waals surface area contributed by atoms with Gasteiger partial charge in [-0.05, 0) is 75.8 Å². The van der Waals surface area contributed by atoms with Crippen LogP contribution >= 0.6 is 0 Å². The van der Waals surface area contributed by atoms with Gasteiger partial charge >= 0.3 is 0 Å². The molecule has 5 nitrogen and oxygen atoms in total. The van der Waals surface area contributed by atoms with E-state index in [1.165, 1.54) is 38.8 Å². The third-order valence-electron chi connectivity index (χ3n) is 6.49. The maximum atomic E-state index is 13.0. The van der Waals surface area contributed by atoms with Crippen LogP contribution in [0.5, 0.6) is 5.75 Å². The number of anilines is 1. The lowest BCUT2D eigenvalue weighted by Gasteiger charge is -2.31. The number of likely N-dealkylation sites (tertiary alicyclic amines) is 1. The van der Waals surface area contributed by atoms with Crippen LogP contribution in [0.2, 0.25) is 0 Å². The number of hydrogen-bond donors (Lipinski definition) is 1. The molecule has 1 aromatic carbocycles. The Morgan fingerprint density at radius 3 is 2.53 bits per heavy atom. The van der Waals surface area contributed by atoms with E-state index in [9.17, 15) is 4.79 Å². The third-order valence-corrected chi connectivity index (χ3v) is 6.49. The number of carbonyl (C=O) groups is 1. The van der Waals surface area contributed by atoms with Crippen molar-refractivity contribution in [2.45, 2.75) is 77.2 Å². The summed E-state index contributed by atoms with van der Waals surface area (Å²) in [6.45, 7) is 9.16. The standard InChI is InChI=1S/C25H40N2O3/c1-3-30-25(15-6-4-5-7-16-25)24(28)26-22-11-13-23(14-12-22)29-19-9-18-27-17-8-10-21(2)20-27/h11-14,21H,3-10,15-20H2,1-2H3,(H,26,28)/t21-/m0/s1. The molecule has 0 aromatic heterocycles. The molecule has 30 heavy (non-hydrogen) atoms. The van der Waals surface area contributed by atoms with Crippen molar-refractivity contribution in [1.29, 1.82) is 0 Å². The van der Waals surface area contributed by atoms with Crippen molar-refractivity contribution in [2.75, 3.05) is 38.2 Å². The molecule has 2 aliphatic rings. The zero-order chi connectivity index (χ0) is 21.2. The second kappa shape index (κ2) is 11.7. The van der Waals surface area contributed by atoms with Crippen LogP contribution in [0.4, 0.5) is 5.69 Å². The molecule has 1 aromatic rings. The topological polar surface area (TPSA) is 50.8 Å². The zero-order valence-electron chi connectivity index (χ0n) is 19.0. The first-order chi connectivity index (χ1) is 14.6. The van der Waals surface area contributed by atoms with E-state index in [2.05, 4.69) is 17.1 Å². The van der Waals surface area contributed by atoms with Gasteiger partial charge in [0.25, 0.3) is 5.91 Å². The number of piperidine rings is 1. The van der Waals surface area contributed by atoms with E-state index < -0.39 is 5.60 Å². The maximum absolute atomic E-state index is 13.0. The minimum Gasteiger partial charge on any atom is -0.494 e. The fraction of sp³-hybridized carbons (Fsp3) is 0.720. The number of rotatable bonds is 9. The first-order valence-corrected chi connectivity index (χ1v) is 12.0. The summed E-state index contributed by atoms with van der Waals surface area (Å²) in [4.78, 5) is 15.6. The Hall–Kier alpha value is -1.59. The minimum absolute atomic E-state index is 0.00400. The molecule has 1 N–H and O–H groups in total. The summed E-state index contributed by atoms with van der Waals surface area (Å²) in [5, 5.41) is 3.08. The summed E-state index contributed by atoms with van der Waals surface area (Å²) in [5.74, 6) is 1.67. The Labute approximate surface area is 182 Å². The Morgan fingerprint density at radius 2 is 1.87 bits per heavy atom. The molecule has 168 valence electrons. The molecule has 0 bridgehead atoms. The van der Waals surface area contributed by atoms with Gasteiger partial charge in [0, 0.05) is 25.4 Å². The average molecular weight is 417 g/mol. The number of nitrogens with one attached hydrogen (secondary N) is 1. The quantitative estimate of drug-likeness (QED) is 0.441. The summed E-state index contributed by atoms with van der Waals surface area (Å²) >= 11 is 0. The monoisotopic (exact) mass is 416 g/mol. The SMILES string of the molecule is CCOC1(C(=O)Nc2ccc(OCCCN3CCC[C@H](C)C3)cc2)CCCCCC1. The zero-order valence-corrected chi connectivity index (χ0v) is 19.0. The lowest BCUT2D eigenvalue weighted by molar-refractivity contribution is -0.143. The molecule has 3 rings (SSSR count). The van der Waals surface area contributed by atoms with Gasteiger partial charge in [-0.15, -0.1) is 0 Å². The van der Waals surface area contributed by atoms with Crippen molar-refractivity contribution in [2.24, 2.45) is 5.92 Å². The Balaban J connectivity index is 1.44. The van der Waals surface area contributed by atoms with Gasteiger partial charge in [-0.1, -0.05) is 32.6 Å². The van der Waals surface area contributed by atoms with Crippen LogP contribution in [0, 0.1) is 5.92 Å². The number of ether oxygens (including phenoxy) is 2. The van der Waals surface area contributed by atoms with Gasteiger partial charge in [0.15, 0.2) is 0 Å². The second-order valence-electron chi connectivity index (χ2n) is 9.07. The molecule has 1 atom stereocenters. The molecule has 1 amide bonds. The second-order valence-corrected chi connectivity index (χ2v) is 9.07. The summed E-state index contributed by atoms with van der Waals surface area (Å²) < 4.78 is 11.9. The predicted octanol–water partition coefficient (Wildman–Crippen LogP) is 5.26. The van der Waals surface area contributed by atoms with Gasteiger partial charge in [-0.2, -0.15) is 0 Å². The van der Waals surface area contributed by atoms with E-state index >= 15 is 0 Å². The van der Waals surface area contributed by atoms with Crippen LogP contribution in [0.3, 0.4) is 0 Å². The summed E-state index contributed by atoms with van der Waals surface area (Å²) in [5.41, 5.74) is 0.129. The van der Waals surface area contributed by atoms with Crippen molar-refractivity contribution in [3.63, 3.8) is 0 Å². The van der Waals surface area contributed by atoms with Crippen LogP contribution in [-0.2, 0) is 9.53 Å². The fourth-order valence-electron chi connectivity index (χ4n) is 4.86. The van der Waals surface area contributed by atoms with Gasteiger partial charge in [0.1, 0.15) is 11.4 Å². The van der Waals surface area contributed by atoms with Crippen LogP contribution in [0.1, 0.15) is 71.6 Å². The molecule has 0 spiro atoms. The summed E-state index contributed by atoms with van der Waals surface area (Å²) in [6, 6.07) is 7.74. The maximum Gasteiger partial charge on any atom is 0.256 e. The molecule has 1 saturated carbocycles. The van der Waals surface area contributed by atoms with E-state index in [1.807, 2.05) is 31.2 Å². The highest BCUT2D eigenvalue weighted by atomic mass is 16.5. The van der Waals surface area contributed by atoms with E-state index in [1.54, 1.807) is 0 Å². The van der Waals surface area contributed by atoms with Crippen molar-refractivity contribution in [3.05, 3.63) is 24.3 Å². The smallest absolute Gasteiger partial charge is 0.256 e. The van der Waals surface area contributed by atoms with Gasteiger partial charge in [0.2, 0.25) is 0 Å². The molecular formula is C25H40N2O3. The lowest BCUT2D eigenvalue weighted by Crippen LogP contribution is -2.45. The van der Waals surface area contributed by atoms with Gasteiger partial charge < -0.3 is 19.7 Å². The highest BCUT2D eigenvalue weighted by molar-refractivity contribution is 5.97. The Kier molecular flexibility index (Phi) is 9.01. The normalized spacial score (nSPS) is 22.3. The first kappa shape index (κ1) is 23.1. The Bertz CT molecular complexity index is 638. The van der Waals surface area contributed by atoms with Crippen LogP contribution < -0.4 is 10.1 Å². The van der Waals surface area contributed by atoms with Gasteiger partial charge in [0.05, 0.1) is 6.61 Å². The van der Waals surface area contributed by atoms with E-state index in [0.717, 1.165) is 62.6 Å². The fourth-order valence-corrected chi connectivity index (χ4v) is 4.86. The summed E-state index contributed by atoms with van der Waals surface area (Å²) in [7, 11) is 0. The predicted molar refractivity (Wildman–Crippen MR) is 122 cm³/mol. The van der Waals surface area contributed by atoms with Crippen molar-refractivity contribution >= 4 is 11.6 Å². The van der Waals surface area contributed by atoms with E-state index in [-0.39, 0.29) is 5.91 Å². The number of hydrogen-bond acceptors (Lipinski definition) is 4. The van der Waals surface area contributed by atoms with Crippen molar-refractivity contribution in [1.82, 2.24) is 4.90 Å². The average Bonchev–Trinajstić information content (AvgIpc) is 2.99. The highest BCUT2D eigenvalue weighted by Gasteiger charge is 2.39. The molecule has 0 unspecified atom stereocenters. The van der Waals surface area contributed by atoms with E-state index in [0.29, 0.717) is 6.61 Å². The molecule has 1 saturated heterocycles. The molecule has 0 radical (unpaired) electrons. The van der Waals surface area contributed by atoms with Crippen molar-refractivity contribution in [3.8, 4) is 5.75 Å². The van der Waals surface area contributed by atoms with Crippen LogP contribution in [0.25, 0.3) is 0 Å². The van der Waals surface area contributed by atoms with Gasteiger partial charge in [-0.25, -0.2) is 0 Å². The number of amides is 1. The molecule has 2 fully saturated rings. The number of nitrogens with zero attached hydrogens (tertiary/aromatic N) is 1. The Morgan fingerprint density at radius 1 is 1.13 bits per heavy atom. The minimum atomic E-state index is -0.674. The molecule has 5 heteroatoms. The highest BCUT2D eigenvalue weighted by Crippen LogP contribution is 2.32. The molecule has 1 aliphatic heterocycles. The largest absolute Gasteiger partial charge is 0.494 e. The summed E-state index contributed by atoms with van der Waals surface area (Å²) in [6.07, 6.45) is 9.82. The van der Waals surface area contributed by atoms with Gasteiger partial charge in [-0.3, -0.25) is 4.79 Å². The first-order valence-electron chi connectivity index (χ1n) is 12.0. The number of benzene rings is 1. The molecule has 1 aliphatic carbocycles. The van der Waals surface area contributed by atoms with Crippen LogP contribution in [0.15, 0.2) is 24.3 Å². The lowest BCUT2D eigenvalue weighted by atomic mass is 9.93. The third kappa shape index (κ3) is 6.71. The molecule has 1 heterocycles. The molecular weight excluding hydrogens is 376 g/mol.